The first-order valence-corrected chi connectivity index (χ1v) is 10.7. The van der Waals surface area contributed by atoms with E-state index in [1.54, 1.807) is 12.1 Å². The number of nitrogens with zero attached hydrogens (tertiary/aromatic N) is 1. The number of benzene rings is 3. The van der Waals surface area contributed by atoms with Gasteiger partial charge in [0.2, 0.25) is 5.78 Å². The maximum atomic E-state index is 12.9. The summed E-state index contributed by atoms with van der Waals surface area (Å²) in [6.07, 6.45) is 1.77. The molecule has 0 radical (unpaired) electrons. The van der Waals surface area contributed by atoms with Crippen LogP contribution < -0.4 is 9.47 Å². The molecule has 2 aliphatic heterocycles. The lowest BCUT2D eigenvalue weighted by molar-refractivity contribution is 0.0873. The number of hydrogen-bond acceptors (Lipinski definition) is 4. The molecule has 0 aromatic heterocycles. The van der Waals surface area contributed by atoms with Crippen molar-refractivity contribution in [1.29, 1.82) is 0 Å². The third kappa shape index (κ3) is 3.65. The molecule has 3 aromatic carbocycles. The summed E-state index contributed by atoms with van der Waals surface area (Å²) in [5.74, 6) is 1.56. The molecular formula is C24H17BrClNO3. The Morgan fingerprint density at radius 2 is 1.87 bits per heavy atom. The second kappa shape index (κ2) is 7.91. The van der Waals surface area contributed by atoms with Crippen LogP contribution in [-0.2, 0) is 13.1 Å². The minimum atomic E-state index is -0.113. The standard InChI is InChI=1S/C24H17BrClNO3/c25-20-4-2-1-3-16(20)11-22-23(28)18-9-10-21-19(24(18)30-22)13-27(14-29-21)12-15-5-7-17(26)8-6-15/h1-11H,12-14H2/b22-11-. The molecule has 0 unspecified atom stereocenters. The zero-order valence-electron chi connectivity index (χ0n) is 15.9. The van der Waals surface area contributed by atoms with E-state index in [1.807, 2.05) is 54.6 Å². The predicted octanol–water partition coefficient (Wildman–Crippen LogP) is 6.07. The van der Waals surface area contributed by atoms with Gasteiger partial charge in [-0.15, -0.1) is 0 Å². The fourth-order valence-corrected chi connectivity index (χ4v) is 4.21. The zero-order chi connectivity index (χ0) is 20.7. The first-order valence-electron chi connectivity index (χ1n) is 9.53. The normalized spacial score (nSPS) is 16.7. The van der Waals surface area contributed by atoms with Crippen LogP contribution in [0.25, 0.3) is 6.08 Å². The highest BCUT2D eigenvalue weighted by Gasteiger charge is 2.33. The van der Waals surface area contributed by atoms with E-state index in [4.69, 9.17) is 21.1 Å². The SMILES string of the molecule is O=C1/C(=C/c2ccccc2Br)Oc2c1ccc1c2CN(Cc2ccc(Cl)cc2)CO1. The molecule has 3 aromatic rings. The smallest absolute Gasteiger partial charge is 0.231 e. The maximum Gasteiger partial charge on any atom is 0.231 e. The highest BCUT2D eigenvalue weighted by atomic mass is 79.9. The summed E-state index contributed by atoms with van der Waals surface area (Å²) < 4.78 is 12.9. The summed E-state index contributed by atoms with van der Waals surface area (Å²) in [6.45, 7) is 1.83. The van der Waals surface area contributed by atoms with Gasteiger partial charge in [-0.2, -0.15) is 0 Å². The van der Waals surface area contributed by atoms with E-state index >= 15 is 0 Å². The predicted molar refractivity (Wildman–Crippen MR) is 120 cm³/mol. The molecular weight excluding hydrogens is 466 g/mol. The van der Waals surface area contributed by atoms with Crippen LogP contribution in [0.5, 0.6) is 11.5 Å². The number of ether oxygens (including phenoxy) is 2. The molecule has 0 N–H and O–H groups in total. The van der Waals surface area contributed by atoms with Crippen LogP contribution in [0.2, 0.25) is 5.02 Å². The number of carbonyl (C=O) groups is 1. The number of ketones is 1. The number of halogens is 2. The lowest BCUT2D eigenvalue weighted by Crippen LogP contribution is -2.31. The van der Waals surface area contributed by atoms with Gasteiger partial charge in [0, 0.05) is 22.6 Å². The van der Waals surface area contributed by atoms with Crippen LogP contribution in [0.4, 0.5) is 0 Å². The summed E-state index contributed by atoms with van der Waals surface area (Å²) in [5, 5.41) is 0.716. The Morgan fingerprint density at radius 1 is 1.07 bits per heavy atom. The van der Waals surface area contributed by atoms with E-state index in [9.17, 15) is 4.79 Å². The molecule has 4 nitrogen and oxygen atoms in total. The van der Waals surface area contributed by atoms with Gasteiger partial charge in [0.25, 0.3) is 0 Å². The molecule has 0 saturated carbocycles. The Labute approximate surface area is 187 Å². The molecule has 0 bridgehead atoms. The van der Waals surface area contributed by atoms with E-state index in [2.05, 4.69) is 20.8 Å². The number of hydrogen-bond donors (Lipinski definition) is 0. The molecule has 0 atom stereocenters. The number of carbonyl (C=O) groups excluding carboxylic acids is 1. The van der Waals surface area contributed by atoms with Crippen LogP contribution in [-0.4, -0.2) is 17.4 Å². The summed E-state index contributed by atoms with van der Waals surface area (Å²) in [7, 11) is 0. The molecule has 0 spiro atoms. The van der Waals surface area contributed by atoms with Crippen molar-refractivity contribution >= 4 is 39.4 Å². The molecule has 5 rings (SSSR count). The van der Waals surface area contributed by atoms with Crippen molar-refractivity contribution in [1.82, 2.24) is 4.90 Å². The summed E-state index contributed by atoms with van der Waals surface area (Å²) >= 11 is 9.50. The van der Waals surface area contributed by atoms with Crippen LogP contribution in [0.15, 0.2) is 70.9 Å². The fraction of sp³-hybridized carbons (Fsp3) is 0.125. The van der Waals surface area contributed by atoms with Gasteiger partial charge >= 0.3 is 0 Å². The molecule has 0 aliphatic carbocycles. The van der Waals surface area contributed by atoms with Crippen molar-refractivity contribution < 1.29 is 14.3 Å². The Morgan fingerprint density at radius 3 is 2.67 bits per heavy atom. The minimum Gasteiger partial charge on any atom is -0.478 e. The van der Waals surface area contributed by atoms with Crippen molar-refractivity contribution in [2.45, 2.75) is 13.1 Å². The third-order valence-corrected chi connectivity index (χ3v) is 6.17. The highest BCUT2D eigenvalue weighted by molar-refractivity contribution is 9.10. The van der Waals surface area contributed by atoms with Gasteiger partial charge in [0.15, 0.2) is 5.76 Å². The highest BCUT2D eigenvalue weighted by Crippen LogP contribution is 2.42. The average molecular weight is 483 g/mol. The molecule has 0 amide bonds. The first-order chi connectivity index (χ1) is 14.6. The van der Waals surface area contributed by atoms with E-state index in [1.165, 1.54) is 0 Å². The average Bonchev–Trinajstić information content (AvgIpc) is 3.07. The van der Waals surface area contributed by atoms with Crippen molar-refractivity contribution in [3.63, 3.8) is 0 Å². The van der Waals surface area contributed by atoms with Gasteiger partial charge in [0.1, 0.15) is 18.2 Å². The number of Topliss-reactive ketones (excluding diaryl/α,β-unsaturated/α-hetero) is 1. The molecule has 2 aliphatic rings. The lowest BCUT2D eigenvalue weighted by Gasteiger charge is -2.29. The number of allylic oxidation sites excluding steroid dienone is 1. The second-order valence-corrected chi connectivity index (χ2v) is 8.56. The van der Waals surface area contributed by atoms with Crippen LogP contribution >= 0.6 is 27.5 Å². The second-order valence-electron chi connectivity index (χ2n) is 7.27. The van der Waals surface area contributed by atoms with Gasteiger partial charge in [-0.25, -0.2) is 0 Å². The van der Waals surface area contributed by atoms with Crippen LogP contribution in [0, 0.1) is 0 Å². The third-order valence-electron chi connectivity index (χ3n) is 5.19. The van der Waals surface area contributed by atoms with Crippen molar-refractivity contribution in [2.24, 2.45) is 0 Å². The van der Waals surface area contributed by atoms with Crippen molar-refractivity contribution in [3.05, 3.63) is 98.2 Å². The van der Waals surface area contributed by atoms with Crippen LogP contribution in [0.3, 0.4) is 0 Å². The maximum absolute atomic E-state index is 12.9. The van der Waals surface area contributed by atoms with Gasteiger partial charge in [-0.3, -0.25) is 9.69 Å². The summed E-state index contributed by atoms with van der Waals surface area (Å²) in [5.41, 5.74) is 3.51. The van der Waals surface area contributed by atoms with Gasteiger partial charge < -0.3 is 9.47 Å². The minimum absolute atomic E-state index is 0.113. The number of fused-ring (bicyclic) bond motifs is 3. The Balaban J connectivity index is 1.43. The van der Waals surface area contributed by atoms with Crippen LogP contribution in [0.1, 0.15) is 27.0 Å². The Kier molecular flexibility index (Phi) is 5.11. The molecule has 2 heterocycles. The monoisotopic (exact) mass is 481 g/mol. The first kappa shape index (κ1) is 19.4. The number of rotatable bonds is 3. The van der Waals surface area contributed by atoms with Crippen molar-refractivity contribution in [2.75, 3.05) is 6.73 Å². The van der Waals surface area contributed by atoms with Gasteiger partial charge in [-0.1, -0.05) is 57.9 Å². The summed E-state index contributed by atoms with van der Waals surface area (Å²) in [4.78, 5) is 15.1. The quantitative estimate of drug-likeness (QED) is 0.425. The van der Waals surface area contributed by atoms with E-state index in [-0.39, 0.29) is 5.78 Å². The fourth-order valence-electron chi connectivity index (χ4n) is 3.69. The molecule has 0 saturated heterocycles. The topological polar surface area (TPSA) is 38.8 Å². The van der Waals surface area contributed by atoms with Gasteiger partial charge in [-0.05, 0) is 47.5 Å². The van der Waals surface area contributed by atoms with E-state index in [0.717, 1.165) is 26.9 Å². The molecule has 0 fully saturated rings. The summed E-state index contributed by atoms with van der Waals surface area (Å²) in [6, 6.07) is 19.1. The van der Waals surface area contributed by atoms with Gasteiger partial charge in [0.05, 0.1) is 11.1 Å². The molecule has 30 heavy (non-hydrogen) atoms. The van der Waals surface area contributed by atoms with E-state index < -0.39 is 0 Å². The lowest BCUT2D eigenvalue weighted by atomic mass is 10.0. The molecule has 150 valence electrons. The molecule has 6 heteroatoms. The Bertz CT molecular complexity index is 1170. The van der Waals surface area contributed by atoms with Crippen molar-refractivity contribution in [3.8, 4) is 11.5 Å². The largest absolute Gasteiger partial charge is 0.478 e. The van der Waals surface area contributed by atoms with E-state index in [0.29, 0.717) is 41.9 Å². The zero-order valence-corrected chi connectivity index (χ0v) is 18.2. The Hall–Kier alpha value is -2.60.